The minimum absolute atomic E-state index is 0.0596. The Morgan fingerprint density at radius 3 is 2.21 bits per heavy atom. The van der Waals surface area contributed by atoms with E-state index in [4.69, 9.17) is 14.2 Å². The molecule has 8 nitrogen and oxygen atoms in total. The molecule has 2 atom stereocenters. The Morgan fingerprint density at radius 1 is 1.00 bits per heavy atom. The first-order chi connectivity index (χ1) is 13.3. The minimum atomic E-state index is -4.61. The van der Waals surface area contributed by atoms with Gasteiger partial charge in [-0.15, -0.1) is 0 Å². The highest BCUT2D eigenvalue weighted by Gasteiger charge is 2.36. The number of aliphatic hydroxyl groups is 1. The van der Waals surface area contributed by atoms with Crippen LogP contribution in [0.4, 0.5) is 0 Å². The Morgan fingerprint density at radius 2 is 1.64 bits per heavy atom. The second-order valence-electron chi connectivity index (χ2n) is 6.04. The van der Waals surface area contributed by atoms with Gasteiger partial charge in [-0.25, -0.2) is 0 Å². The van der Waals surface area contributed by atoms with Crippen LogP contribution in [0.15, 0.2) is 42.5 Å². The zero-order chi connectivity index (χ0) is 20.7. The van der Waals surface area contributed by atoms with Crippen LogP contribution in [0.1, 0.15) is 23.7 Å². The first kappa shape index (κ1) is 21.8. The smallest absolute Gasteiger partial charge is 0.275 e. The Hall–Kier alpha value is -2.49. The van der Waals surface area contributed by atoms with E-state index in [0.717, 1.165) is 0 Å². The van der Waals surface area contributed by atoms with Crippen LogP contribution in [0.5, 0.6) is 23.0 Å². The van der Waals surface area contributed by atoms with Crippen LogP contribution in [0.2, 0.25) is 0 Å². The average molecular weight is 412 g/mol. The molecule has 0 spiro atoms. The number of para-hydroxylation sites is 2. The minimum Gasteiger partial charge on any atom is -0.504 e. The van der Waals surface area contributed by atoms with Gasteiger partial charge >= 0.3 is 0 Å². The maximum atomic E-state index is 12.2. The predicted molar refractivity (Wildman–Crippen MR) is 103 cm³/mol. The highest BCUT2D eigenvalue weighted by Crippen LogP contribution is 2.37. The third kappa shape index (κ3) is 5.28. The van der Waals surface area contributed by atoms with E-state index in [0.29, 0.717) is 11.5 Å². The number of hydrogen-bond donors (Lipinski definition) is 3. The van der Waals surface area contributed by atoms with Gasteiger partial charge in [-0.05, 0) is 42.7 Å². The summed E-state index contributed by atoms with van der Waals surface area (Å²) in [6, 6.07) is 10.7. The fraction of sp³-hybridized carbons (Fsp3) is 0.368. The standard InChI is InChI=1S/C19H24O8S/c1-25-15-6-3-4-7-16(15)27-17(8-5-11-20)19(28(22,23)24)13-9-10-14(21)18(12-13)26-2/h3-4,6-7,9-10,12,17,19-21H,5,8,11H2,1-2H3,(H,22,23,24). The Bertz CT molecular complexity index is 881. The zero-order valence-corrected chi connectivity index (χ0v) is 16.4. The van der Waals surface area contributed by atoms with Crippen LogP contribution in [-0.2, 0) is 10.1 Å². The summed E-state index contributed by atoms with van der Waals surface area (Å²) in [4.78, 5) is 0. The Labute approximate surface area is 164 Å². The molecule has 154 valence electrons. The molecule has 0 aliphatic carbocycles. The number of phenols is 1. The highest BCUT2D eigenvalue weighted by molar-refractivity contribution is 7.86. The molecule has 2 unspecified atom stereocenters. The Balaban J connectivity index is 2.51. The lowest BCUT2D eigenvalue weighted by molar-refractivity contribution is 0.158. The summed E-state index contributed by atoms with van der Waals surface area (Å²) < 4.78 is 50.6. The third-order valence-corrected chi connectivity index (χ3v) is 5.40. The largest absolute Gasteiger partial charge is 0.504 e. The molecule has 0 aliphatic heterocycles. The molecule has 0 aromatic heterocycles. The van der Waals surface area contributed by atoms with E-state index in [9.17, 15) is 23.2 Å². The van der Waals surface area contributed by atoms with Gasteiger partial charge in [0.1, 0.15) is 11.4 Å². The summed E-state index contributed by atoms with van der Waals surface area (Å²) in [5.41, 5.74) is 0.176. The molecule has 9 heteroatoms. The molecule has 0 saturated carbocycles. The van der Waals surface area contributed by atoms with Crippen LogP contribution in [-0.4, -0.2) is 50.1 Å². The molecule has 2 rings (SSSR count). The molecule has 0 fully saturated rings. The maximum absolute atomic E-state index is 12.2. The van der Waals surface area contributed by atoms with E-state index in [1.807, 2.05) is 0 Å². The average Bonchev–Trinajstić information content (AvgIpc) is 2.66. The van der Waals surface area contributed by atoms with Gasteiger partial charge in [0.2, 0.25) is 0 Å². The molecule has 0 amide bonds. The molecule has 0 bridgehead atoms. The van der Waals surface area contributed by atoms with Gasteiger partial charge in [0.05, 0.1) is 14.2 Å². The molecule has 0 radical (unpaired) electrons. The number of ether oxygens (including phenoxy) is 3. The summed E-state index contributed by atoms with van der Waals surface area (Å²) >= 11 is 0. The summed E-state index contributed by atoms with van der Waals surface area (Å²) in [7, 11) is -1.83. The quantitative estimate of drug-likeness (QED) is 0.509. The summed E-state index contributed by atoms with van der Waals surface area (Å²) in [6.07, 6.45) is -0.642. The number of methoxy groups -OCH3 is 2. The topological polar surface area (TPSA) is 123 Å². The van der Waals surface area contributed by atoms with Crippen molar-refractivity contribution in [1.29, 1.82) is 0 Å². The van der Waals surface area contributed by atoms with Crippen molar-refractivity contribution in [2.45, 2.75) is 24.2 Å². The van der Waals surface area contributed by atoms with Gasteiger partial charge in [0.15, 0.2) is 23.0 Å². The molecular formula is C19H24O8S. The normalized spacial score (nSPS) is 13.6. The van der Waals surface area contributed by atoms with Gasteiger partial charge < -0.3 is 24.4 Å². The van der Waals surface area contributed by atoms with Crippen molar-refractivity contribution in [1.82, 2.24) is 0 Å². The fourth-order valence-electron chi connectivity index (χ4n) is 2.89. The number of hydrogen-bond acceptors (Lipinski definition) is 7. The van der Waals surface area contributed by atoms with E-state index in [2.05, 4.69) is 0 Å². The van der Waals surface area contributed by atoms with Crippen molar-refractivity contribution in [3.05, 3.63) is 48.0 Å². The molecule has 2 aromatic carbocycles. The van der Waals surface area contributed by atoms with Crippen LogP contribution >= 0.6 is 0 Å². The number of aromatic hydroxyl groups is 1. The van der Waals surface area contributed by atoms with Crippen molar-refractivity contribution in [2.24, 2.45) is 0 Å². The first-order valence-corrected chi connectivity index (χ1v) is 10.1. The van der Waals surface area contributed by atoms with E-state index >= 15 is 0 Å². The molecule has 0 heterocycles. The lowest BCUT2D eigenvalue weighted by Crippen LogP contribution is -2.31. The summed E-state index contributed by atoms with van der Waals surface area (Å²) in [6.45, 7) is -0.178. The SMILES string of the molecule is COc1cc(C(C(CCCO)Oc2ccccc2OC)S(=O)(=O)O)ccc1O. The molecule has 0 aliphatic rings. The number of benzene rings is 2. The van der Waals surface area contributed by atoms with Crippen molar-refractivity contribution in [3.8, 4) is 23.0 Å². The van der Waals surface area contributed by atoms with Gasteiger partial charge in [-0.1, -0.05) is 18.2 Å². The zero-order valence-electron chi connectivity index (χ0n) is 15.6. The lowest BCUT2D eigenvalue weighted by Gasteiger charge is -2.27. The third-order valence-electron chi connectivity index (χ3n) is 4.19. The van der Waals surface area contributed by atoms with Crippen LogP contribution in [0, 0.1) is 0 Å². The molecule has 28 heavy (non-hydrogen) atoms. The monoisotopic (exact) mass is 412 g/mol. The van der Waals surface area contributed by atoms with Crippen molar-refractivity contribution in [3.63, 3.8) is 0 Å². The van der Waals surface area contributed by atoms with Gasteiger partial charge in [-0.3, -0.25) is 4.55 Å². The number of aliphatic hydroxyl groups excluding tert-OH is 1. The van der Waals surface area contributed by atoms with E-state index in [1.54, 1.807) is 24.3 Å². The predicted octanol–water partition coefficient (Wildman–Crippen LogP) is 2.56. The highest BCUT2D eigenvalue weighted by atomic mass is 32.2. The number of rotatable bonds is 10. The van der Waals surface area contributed by atoms with E-state index in [1.165, 1.54) is 32.4 Å². The summed E-state index contributed by atoms with van der Waals surface area (Å²) in [5, 5.41) is 17.5. The van der Waals surface area contributed by atoms with Crippen molar-refractivity contribution < 1.29 is 37.4 Å². The van der Waals surface area contributed by atoms with Crippen LogP contribution < -0.4 is 14.2 Å². The Kier molecular flexibility index (Phi) is 7.50. The number of phenolic OH excluding ortho intramolecular Hbond substituents is 1. The molecular weight excluding hydrogens is 388 g/mol. The van der Waals surface area contributed by atoms with Crippen molar-refractivity contribution >= 4 is 10.1 Å². The first-order valence-electron chi connectivity index (χ1n) is 8.55. The van der Waals surface area contributed by atoms with E-state index in [-0.39, 0.29) is 36.5 Å². The van der Waals surface area contributed by atoms with Gasteiger partial charge in [0, 0.05) is 6.61 Å². The lowest BCUT2D eigenvalue weighted by atomic mass is 10.0. The second kappa shape index (κ2) is 9.63. The second-order valence-corrected chi connectivity index (χ2v) is 7.58. The van der Waals surface area contributed by atoms with Crippen molar-refractivity contribution in [2.75, 3.05) is 20.8 Å². The van der Waals surface area contributed by atoms with E-state index < -0.39 is 21.5 Å². The molecule has 3 N–H and O–H groups in total. The van der Waals surface area contributed by atoms with Gasteiger partial charge in [0.25, 0.3) is 10.1 Å². The van der Waals surface area contributed by atoms with Crippen LogP contribution in [0.3, 0.4) is 0 Å². The molecule has 2 aromatic rings. The summed E-state index contributed by atoms with van der Waals surface area (Å²) in [5.74, 6) is 0.587. The fourth-order valence-corrected chi connectivity index (χ4v) is 3.96. The molecule has 0 saturated heterocycles. The van der Waals surface area contributed by atoms with Crippen LogP contribution in [0.25, 0.3) is 0 Å². The maximum Gasteiger partial charge on any atom is 0.275 e. The van der Waals surface area contributed by atoms with Gasteiger partial charge in [-0.2, -0.15) is 8.42 Å².